The zero-order valence-electron chi connectivity index (χ0n) is 14.0. The first-order chi connectivity index (χ1) is 11.8. The van der Waals surface area contributed by atoms with Crippen molar-refractivity contribution in [1.29, 1.82) is 0 Å². The lowest BCUT2D eigenvalue weighted by molar-refractivity contribution is -0.124. The van der Waals surface area contributed by atoms with Crippen LogP contribution in [0, 0.1) is 13.8 Å². The molecule has 5 nitrogen and oxygen atoms in total. The minimum Gasteiger partial charge on any atom is -0.347 e. The Morgan fingerprint density at radius 1 is 1.04 bits per heavy atom. The van der Waals surface area contributed by atoms with E-state index in [0.29, 0.717) is 11.3 Å². The molecule has 2 N–H and O–H groups in total. The third-order valence-electron chi connectivity index (χ3n) is 3.49. The molecule has 0 atom stereocenters. The molecule has 7 heteroatoms. The molecule has 0 aliphatic heterocycles. The predicted octanol–water partition coefficient (Wildman–Crippen LogP) is 3.85. The summed E-state index contributed by atoms with van der Waals surface area (Å²) in [7, 11) is 0. The van der Waals surface area contributed by atoms with E-state index >= 15 is 0 Å². The number of anilines is 1. The maximum Gasteiger partial charge on any atom is 0.243 e. The first kappa shape index (κ1) is 19.3. The first-order valence-electron chi connectivity index (χ1n) is 7.77. The van der Waals surface area contributed by atoms with Crippen LogP contribution in [0.1, 0.15) is 33.0 Å². The van der Waals surface area contributed by atoms with Crippen molar-refractivity contribution in [3.63, 3.8) is 0 Å². The maximum atomic E-state index is 12.1. The van der Waals surface area contributed by atoms with E-state index in [1.807, 2.05) is 32.0 Å². The summed E-state index contributed by atoms with van der Waals surface area (Å²) in [6, 6.07) is 9.00. The number of thiophene rings is 1. The second kappa shape index (κ2) is 8.92. The number of carbonyl (C=O) groups is 3. The number of ketones is 1. The van der Waals surface area contributed by atoms with E-state index in [9.17, 15) is 14.4 Å². The lowest BCUT2D eigenvalue weighted by Gasteiger charge is -2.07. The van der Waals surface area contributed by atoms with Crippen LogP contribution in [0.3, 0.4) is 0 Å². The van der Waals surface area contributed by atoms with Crippen LogP contribution in [0.25, 0.3) is 0 Å². The molecule has 2 amide bonds. The van der Waals surface area contributed by atoms with E-state index in [4.69, 9.17) is 0 Å². The number of amides is 2. The van der Waals surface area contributed by atoms with Gasteiger partial charge in [0.2, 0.25) is 11.8 Å². The fourth-order valence-corrected chi connectivity index (χ4v) is 3.48. The number of hydrogen-bond donors (Lipinski definition) is 2. The van der Waals surface area contributed by atoms with Gasteiger partial charge < -0.3 is 10.6 Å². The van der Waals surface area contributed by atoms with Crippen molar-refractivity contribution in [2.24, 2.45) is 0 Å². The number of Topliss-reactive ketones (excluding diaryl/α,β-unsaturated/α-hetero) is 1. The van der Waals surface area contributed by atoms with Crippen LogP contribution >= 0.6 is 27.3 Å². The van der Waals surface area contributed by atoms with E-state index in [2.05, 4.69) is 26.6 Å². The molecule has 0 saturated carbocycles. The van der Waals surface area contributed by atoms with E-state index < -0.39 is 0 Å². The Bertz CT molecular complexity index is 784. The van der Waals surface area contributed by atoms with E-state index in [1.165, 1.54) is 0 Å². The summed E-state index contributed by atoms with van der Waals surface area (Å²) in [5.74, 6) is -0.675. The van der Waals surface area contributed by atoms with E-state index in [0.717, 1.165) is 14.2 Å². The van der Waals surface area contributed by atoms with Crippen LogP contribution in [0.4, 0.5) is 5.69 Å². The summed E-state index contributed by atoms with van der Waals surface area (Å²) >= 11 is 4.89. The Hall–Kier alpha value is -1.99. The summed E-state index contributed by atoms with van der Waals surface area (Å²) in [4.78, 5) is 37.8. The van der Waals surface area contributed by atoms with Gasteiger partial charge in [0, 0.05) is 38.3 Å². The molecular weight excluding hydrogens is 404 g/mol. The largest absolute Gasteiger partial charge is 0.347 e. The van der Waals surface area contributed by atoms with Crippen molar-refractivity contribution >= 4 is 50.6 Å². The number of halogens is 1. The Labute approximate surface area is 159 Å². The van der Waals surface area contributed by atoms with Gasteiger partial charge in [0.15, 0.2) is 5.78 Å². The lowest BCUT2D eigenvalue weighted by atomic mass is 10.1. The predicted molar refractivity (Wildman–Crippen MR) is 103 cm³/mol. The van der Waals surface area contributed by atoms with E-state index in [1.54, 1.807) is 23.5 Å². The SMILES string of the molecule is Cc1cc(C(=O)CCC(=O)NCC(=O)Nc2ccc(Br)cc2)c(C)s1. The van der Waals surface area contributed by atoms with Crippen LogP contribution < -0.4 is 10.6 Å². The smallest absolute Gasteiger partial charge is 0.243 e. The number of rotatable bonds is 7. The number of carbonyl (C=O) groups excluding carboxylic acids is 3. The second-order valence-corrected chi connectivity index (χ2v) is 7.96. The van der Waals surface area contributed by atoms with Gasteiger partial charge in [-0.15, -0.1) is 11.3 Å². The zero-order valence-corrected chi connectivity index (χ0v) is 16.4. The molecular formula is C18H19BrN2O3S. The summed E-state index contributed by atoms with van der Waals surface area (Å²) < 4.78 is 0.916. The molecule has 132 valence electrons. The fourth-order valence-electron chi connectivity index (χ4n) is 2.28. The Balaban J connectivity index is 1.73. The van der Waals surface area contributed by atoms with Gasteiger partial charge in [-0.25, -0.2) is 0 Å². The van der Waals surface area contributed by atoms with Crippen molar-refractivity contribution < 1.29 is 14.4 Å². The summed E-state index contributed by atoms with van der Waals surface area (Å²) in [6.07, 6.45) is 0.204. The average Bonchev–Trinajstić information content (AvgIpc) is 2.91. The highest BCUT2D eigenvalue weighted by atomic mass is 79.9. The van der Waals surface area contributed by atoms with Crippen LogP contribution in [-0.4, -0.2) is 24.1 Å². The van der Waals surface area contributed by atoms with Gasteiger partial charge in [-0.2, -0.15) is 0 Å². The summed E-state index contributed by atoms with van der Waals surface area (Å²) in [5.41, 5.74) is 1.34. The second-order valence-electron chi connectivity index (χ2n) is 5.58. The van der Waals surface area contributed by atoms with Crippen molar-refractivity contribution in [2.75, 3.05) is 11.9 Å². The van der Waals surface area contributed by atoms with Crippen LogP contribution in [0.5, 0.6) is 0 Å². The molecule has 0 fully saturated rings. The Morgan fingerprint density at radius 3 is 2.32 bits per heavy atom. The van der Waals surface area contributed by atoms with Crippen LogP contribution in [0.2, 0.25) is 0 Å². The van der Waals surface area contributed by atoms with Gasteiger partial charge in [0.25, 0.3) is 0 Å². The lowest BCUT2D eigenvalue weighted by Crippen LogP contribution is -2.33. The average molecular weight is 423 g/mol. The van der Waals surface area contributed by atoms with Gasteiger partial charge in [0.05, 0.1) is 6.54 Å². The normalized spacial score (nSPS) is 10.4. The molecule has 2 aromatic rings. The quantitative estimate of drug-likeness (QED) is 0.665. The number of nitrogens with one attached hydrogen (secondary N) is 2. The Morgan fingerprint density at radius 2 is 1.72 bits per heavy atom. The van der Waals surface area contributed by atoms with Crippen LogP contribution in [0.15, 0.2) is 34.8 Å². The molecule has 0 aliphatic rings. The first-order valence-corrected chi connectivity index (χ1v) is 9.38. The number of hydrogen-bond acceptors (Lipinski definition) is 4. The van der Waals surface area contributed by atoms with Crippen molar-refractivity contribution in [3.05, 3.63) is 50.1 Å². The molecule has 0 aliphatic carbocycles. The molecule has 0 saturated heterocycles. The molecule has 0 spiro atoms. The maximum absolute atomic E-state index is 12.1. The topological polar surface area (TPSA) is 75.3 Å². The highest BCUT2D eigenvalue weighted by Gasteiger charge is 2.14. The molecule has 0 radical (unpaired) electrons. The van der Waals surface area contributed by atoms with Gasteiger partial charge in [-0.1, -0.05) is 15.9 Å². The molecule has 0 bridgehead atoms. The van der Waals surface area contributed by atoms with Gasteiger partial charge in [-0.3, -0.25) is 14.4 Å². The monoisotopic (exact) mass is 422 g/mol. The standard InChI is InChI=1S/C18H19BrN2O3S/c1-11-9-15(12(2)25-11)16(22)7-8-17(23)20-10-18(24)21-14-5-3-13(19)4-6-14/h3-6,9H,7-8,10H2,1-2H3,(H,20,23)(H,21,24). The van der Waals surface area contributed by atoms with Crippen molar-refractivity contribution in [3.8, 4) is 0 Å². The summed E-state index contributed by atoms with van der Waals surface area (Å²) in [5, 5.41) is 5.22. The zero-order chi connectivity index (χ0) is 18.4. The minimum atomic E-state index is -0.316. The molecule has 25 heavy (non-hydrogen) atoms. The highest BCUT2D eigenvalue weighted by molar-refractivity contribution is 9.10. The molecule has 1 heterocycles. The highest BCUT2D eigenvalue weighted by Crippen LogP contribution is 2.22. The summed E-state index contributed by atoms with van der Waals surface area (Å²) in [6.45, 7) is 3.72. The molecule has 1 aromatic carbocycles. The molecule has 0 unspecified atom stereocenters. The third kappa shape index (κ3) is 6.10. The van der Waals surface area contributed by atoms with Crippen LogP contribution in [-0.2, 0) is 9.59 Å². The van der Waals surface area contributed by atoms with Gasteiger partial charge in [-0.05, 0) is 44.2 Å². The fraction of sp³-hybridized carbons (Fsp3) is 0.278. The molecule has 1 aromatic heterocycles. The van der Waals surface area contributed by atoms with Crippen molar-refractivity contribution in [1.82, 2.24) is 5.32 Å². The van der Waals surface area contributed by atoms with Gasteiger partial charge in [0.1, 0.15) is 0 Å². The third-order valence-corrected chi connectivity index (χ3v) is 4.99. The van der Waals surface area contributed by atoms with Gasteiger partial charge >= 0.3 is 0 Å². The minimum absolute atomic E-state index is 0.0451. The van der Waals surface area contributed by atoms with Crippen molar-refractivity contribution in [2.45, 2.75) is 26.7 Å². The number of aryl methyl sites for hydroxylation is 2. The van der Waals surface area contributed by atoms with E-state index in [-0.39, 0.29) is 37.0 Å². The number of benzene rings is 1. The molecule has 2 rings (SSSR count). The Kier molecular flexibility index (Phi) is 6.90.